The summed E-state index contributed by atoms with van der Waals surface area (Å²) in [4.78, 5) is 14.3. The number of carbonyl (C=O) groups excluding carboxylic acids is 1. The Labute approximate surface area is 126 Å². The smallest absolute Gasteiger partial charge is 0.274 e. The first kappa shape index (κ1) is 15.3. The number of halogens is 1. The second-order valence-electron chi connectivity index (χ2n) is 5.50. The molecular formula is C14H23ClN4O. The van der Waals surface area contributed by atoms with Crippen LogP contribution in [0.25, 0.3) is 0 Å². The zero-order valence-electron chi connectivity index (χ0n) is 11.9. The average Bonchev–Trinajstić information content (AvgIpc) is 3.16. The number of nitrogens with one attached hydrogen (secondary N) is 1. The summed E-state index contributed by atoms with van der Waals surface area (Å²) in [5.74, 6) is 0.0903. The van der Waals surface area contributed by atoms with Crippen molar-refractivity contribution in [2.45, 2.75) is 44.7 Å². The molecule has 1 atom stereocenters. The van der Waals surface area contributed by atoms with Crippen LogP contribution in [0.2, 0.25) is 0 Å². The lowest BCUT2D eigenvalue weighted by Crippen LogP contribution is -2.34. The molecule has 3 rings (SSSR count). The summed E-state index contributed by atoms with van der Waals surface area (Å²) >= 11 is 0. The van der Waals surface area contributed by atoms with E-state index in [0.29, 0.717) is 17.8 Å². The van der Waals surface area contributed by atoms with Crippen LogP contribution in [0.15, 0.2) is 12.3 Å². The van der Waals surface area contributed by atoms with Crippen molar-refractivity contribution in [3.63, 3.8) is 0 Å². The van der Waals surface area contributed by atoms with Crippen molar-refractivity contribution in [2.75, 3.05) is 19.6 Å². The van der Waals surface area contributed by atoms with E-state index in [1.165, 1.54) is 6.42 Å². The Hall–Kier alpha value is -1.07. The first-order valence-corrected chi connectivity index (χ1v) is 7.36. The van der Waals surface area contributed by atoms with Crippen LogP contribution in [0, 0.1) is 0 Å². The van der Waals surface area contributed by atoms with Gasteiger partial charge in [-0.15, -0.1) is 12.4 Å². The van der Waals surface area contributed by atoms with Crippen molar-refractivity contribution in [3.05, 3.63) is 18.0 Å². The van der Waals surface area contributed by atoms with Gasteiger partial charge in [0.2, 0.25) is 0 Å². The Morgan fingerprint density at radius 2 is 2.30 bits per heavy atom. The highest BCUT2D eigenvalue weighted by Gasteiger charge is 2.32. The van der Waals surface area contributed by atoms with Gasteiger partial charge in [-0.05, 0) is 45.2 Å². The molecule has 2 fully saturated rings. The molecule has 1 amide bonds. The van der Waals surface area contributed by atoms with E-state index >= 15 is 0 Å². The van der Waals surface area contributed by atoms with Crippen LogP contribution in [-0.4, -0.2) is 46.3 Å². The maximum absolute atomic E-state index is 12.4. The van der Waals surface area contributed by atoms with Gasteiger partial charge < -0.3 is 10.2 Å². The van der Waals surface area contributed by atoms with Gasteiger partial charge in [-0.25, -0.2) is 0 Å². The summed E-state index contributed by atoms with van der Waals surface area (Å²) in [7, 11) is 0. The number of hydrogen-bond acceptors (Lipinski definition) is 3. The van der Waals surface area contributed by atoms with E-state index in [1.54, 1.807) is 0 Å². The van der Waals surface area contributed by atoms with Gasteiger partial charge >= 0.3 is 0 Å². The molecule has 1 aliphatic heterocycles. The lowest BCUT2D eigenvalue weighted by molar-refractivity contribution is 0.0745. The van der Waals surface area contributed by atoms with Gasteiger partial charge in [-0.1, -0.05) is 0 Å². The minimum absolute atomic E-state index is 0. The highest BCUT2D eigenvalue weighted by Crippen LogP contribution is 2.27. The Morgan fingerprint density at radius 1 is 1.50 bits per heavy atom. The molecule has 1 saturated carbocycles. The predicted molar refractivity (Wildman–Crippen MR) is 80.3 cm³/mol. The third kappa shape index (κ3) is 3.15. The van der Waals surface area contributed by atoms with Crippen LogP contribution in [0.5, 0.6) is 0 Å². The van der Waals surface area contributed by atoms with Gasteiger partial charge in [-0.3, -0.25) is 9.48 Å². The lowest BCUT2D eigenvalue weighted by atomic mass is 10.1. The Kier molecular flexibility index (Phi) is 5.05. The molecule has 0 spiro atoms. The highest BCUT2D eigenvalue weighted by molar-refractivity contribution is 5.92. The number of hydrogen-bond donors (Lipinski definition) is 1. The van der Waals surface area contributed by atoms with Gasteiger partial charge in [0.15, 0.2) is 0 Å². The summed E-state index contributed by atoms with van der Waals surface area (Å²) in [6.07, 6.45) is 6.56. The third-order valence-corrected chi connectivity index (χ3v) is 4.06. The number of piperidine rings is 1. The van der Waals surface area contributed by atoms with Gasteiger partial charge in [-0.2, -0.15) is 5.10 Å². The van der Waals surface area contributed by atoms with Crippen molar-refractivity contribution >= 4 is 18.3 Å². The quantitative estimate of drug-likeness (QED) is 0.923. The first-order valence-electron chi connectivity index (χ1n) is 7.36. The summed E-state index contributed by atoms with van der Waals surface area (Å²) in [5.41, 5.74) is 0.597. The SMILES string of the molecule is CCN(C(=O)c1ccn(C2CCCNC2)n1)C1CC1.Cl. The molecule has 1 aliphatic carbocycles. The van der Waals surface area contributed by atoms with Crippen LogP contribution in [0.3, 0.4) is 0 Å². The fourth-order valence-electron chi connectivity index (χ4n) is 2.82. The van der Waals surface area contributed by atoms with E-state index < -0.39 is 0 Å². The van der Waals surface area contributed by atoms with Gasteiger partial charge in [0.1, 0.15) is 5.69 Å². The van der Waals surface area contributed by atoms with Crippen LogP contribution in [0.1, 0.15) is 49.1 Å². The molecular weight excluding hydrogens is 276 g/mol. The standard InChI is InChI=1S/C14H22N4O.ClH/c1-2-17(11-5-6-11)14(19)13-7-9-18(16-13)12-4-3-8-15-10-12;/h7,9,11-12,15H,2-6,8,10H2,1H3;1H. The Bertz CT molecular complexity index is 452. The minimum Gasteiger partial charge on any atom is -0.335 e. The van der Waals surface area contributed by atoms with Crippen molar-refractivity contribution in [3.8, 4) is 0 Å². The van der Waals surface area contributed by atoms with Gasteiger partial charge in [0.25, 0.3) is 5.91 Å². The molecule has 6 heteroatoms. The molecule has 5 nitrogen and oxygen atoms in total. The van der Waals surface area contributed by atoms with Crippen LogP contribution in [-0.2, 0) is 0 Å². The largest absolute Gasteiger partial charge is 0.335 e. The normalized spacial score (nSPS) is 22.1. The molecule has 1 aromatic rings. The molecule has 112 valence electrons. The van der Waals surface area contributed by atoms with E-state index in [9.17, 15) is 4.79 Å². The molecule has 0 radical (unpaired) electrons. The molecule has 0 bridgehead atoms. The fourth-order valence-corrected chi connectivity index (χ4v) is 2.82. The zero-order valence-corrected chi connectivity index (χ0v) is 12.7. The molecule has 2 heterocycles. The second kappa shape index (κ2) is 6.59. The van der Waals surface area contributed by atoms with E-state index in [1.807, 2.05) is 28.8 Å². The van der Waals surface area contributed by atoms with Crippen LogP contribution >= 0.6 is 12.4 Å². The fraction of sp³-hybridized carbons (Fsp3) is 0.714. The number of amides is 1. The second-order valence-corrected chi connectivity index (χ2v) is 5.50. The van der Waals surface area contributed by atoms with Crippen LogP contribution in [0.4, 0.5) is 0 Å². The van der Waals surface area contributed by atoms with Crippen molar-refractivity contribution < 1.29 is 4.79 Å². The first-order chi connectivity index (χ1) is 9.29. The molecule has 1 N–H and O–H groups in total. The lowest BCUT2D eigenvalue weighted by Gasteiger charge is -2.23. The molecule has 1 aromatic heterocycles. The Balaban J connectivity index is 0.00000147. The summed E-state index contributed by atoms with van der Waals surface area (Å²) in [6, 6.07) is 2.72. The molecule has 1 unspecified atom stereocenters. The monoisotopic (exact) mass is 298 g/mol. The molecule has 20 heavy (non-hydrogen) atoms. The zero-order chi connectivity index (χ0) is 13.2. The number of nitrogens with zero attached hydrogens (tertiary/aromatic N) is 3. The predicted octanol–water partition coefficient (Wildman–Crippen LogP) is 1.85. The van der Waals surface area contributed by atoms with Crippen molar-refractivity contribution in [2.24, 2.45) is 0 Å². The van der Waals surface area contributed by atoms with E-state index in [2.05, 4.69) is 10.4 Å². The summed E-state index contributed by atoms with van der Waals surface area (Å²) in [5, 5.41) is 7.88. The molecule has 2 aliphatic rings. The van der Waals surface area contributed by atoms with E-state index in [0.717, 1.165) is 38.9 Å². The Morgan fingerprint density at radius 3 is 2.90 bits per heavy atom. The maximum Gasteiger partial charge on any atom is 0.274 e. The van der Waals surface area contributed by atoms with Crippen LogP contribution < -0.4 is 5.32 Å². The number of aromatic nitrogens is 2. The van der Waals surface area contributed by atoms with Gasteiger partial charge in [0.05, 0.1) is 6.04 Å². The van der Waals surface area contributed by atoms with Gasteiger partial charge in [0, 0.05) is 25.3 Å². The van der Waals surface area contributed by atoms with Crippen molar-refractivity contribution in [1.82, 2.24) is 20.0 Å². The summed E-state index contributed by atoms with van der Waals surface area (Å²) < 4.78 is 1.96. The molecule has 0 aromatic carbocycles. The molecule has 1 saturated heterocycles. The topological polar surface area (TPSA) is 50.2 Å². The van der Waals surface area contributed by atoms with Crippen molar-refractivity contribution in [1.29, 1.82) is 0 Å². The summed E-state index contributed by atoms with van der Waals surface area (Å²) in [6.45, 7) is 4.86. The number of rotatable bonds is 4. The van der Waals surface area contributed by atoms with E-state index in [4.69, 9.17) is 0 Å². The third-order valence-electron chi connectivity index (χ3n) is 4.06. The highest BCUT2D eigenvalue weighted by atomic mass is 35.5. The minimum atomic E-state index is 0. The number of carbonyl (C=O) groups is 1. The average molecular weight is 299 g/mol. The maximum atomic E-state index is 12.4. The van der Waals surface area contributed by atoms with E-state index in [-0.39, 0.29) is 18.3 Å².